The highest BCUT2D eigenvalue weighted by Crippen LogP contribution is 2.17. The van der Waals surface area contributed by atoms with Gasteiger partial charge in [0.1, 0.15) is 12.2 Å². The van der Waals surface area contributed by atoms with Crippen molar-refractivity contribution in [1.29, 1.82) is 0 Å². The fourth-order valence-electron chi connectivity index (χ4n) is 2.13. The second kappa shape index (κ2) is 7.43. The summed E-state index contributed by atoms with van der Waals surface area (Å²) in [6.45, 7) is 1.37. The standard InChI is InChI=1S/C17H18O4/c1-13(18)20-16(11-10-14-6-3-2-4-7-14)12-15-8-5-9-17(19)21-15/h2-7,9-11,15-16H,8,12H2,1H3/b11-10+/t15-,16-/m1/s1. The third kappa shape index (κ3) is 5.26. The van der Waals surface area contributed by atoms with Crippen molar-refractivity contribution < 1.29 is 19.1 Å². The highest BCUT2D eigenvalue weighted by molar-refractivity contribution is 5.82. The molecule has 0 saturated carbocycles. The van der Waals surface area contributed by atoms with Crippen LogP contribution in [-0.2, 0) is 19.1 Å². The lowest BCUT2D eigenvalue weighted by Crippen LogP contribution is -2.26. The Morgan fingerprint density at radius 1 is 1.43 bits per heavy atom. The molecule has 0 spiro atoms. The topological polar surface area (TPSA) is 52.6 Å². The second-order valence-electron chi connectivity index (χ2n) is 4.85. The van der Waals surface area contributed by atoms with E-state index in [1.54, 1.807) is 6.08 Å². The van der Waals surface area contributed by atoms with Crippen LogP contribution in [0.4, 0.5) is 0 Å². The molecule has 0 N–H and O–H groups in total. The molecule has 2 rings (SSSR count). The first kappa shape index (κ1) is 15.0. The molecule has 0 aromatic heterocycles. The van der Waals surface area contributed by atoms with E-state index in [4.69, 9.17) is 9.47 Å². The van der Waals surface area contributed by atoms with Gasteiger partial charge in [-0.1, -0.05) is 42.5 Å². The molecular formula is C17H18O4. The Balaban J connectivity index is 2.00. The summed E-state index contributed by atoms with van der Waals surface area (Å²) < 4.78 is 10.5. The van der Waals surface area contributed by atoms with Gasteiger partial charge in [0.15, 0.2) is 0 Å². The van der Waals surface area contributed by atoms with Crippen LogP contribution in [0.15, 0.2) is 48.6 Å². The van der Waals surface area contributed by atoms with E-state index < -0.39 is 6.10 Å². The van der Waals surface area contributed by atoms with Crippen LogP contribution in [0.3, 0.4) is 0 Å². The molecule has 110 valence electrons. The summed E-state index contributed by atoms with van der Waals surface area (Å²) in [5, 5.41) is 0. The van der Waals surface area contributed by atoms with Crippen LogP contribution >= 0.6 is 0 Å². The number of carbonyl (C=O) groups is 2. The molecule has 0 radical (unpaired) electrons. The Kier molecular flexibility index (Phi) is 5.32. The predicted octanol–water partition coefficient (Wildman–Crippen LogP) is 2.89. The summed E-state index contributed by atoms with van der Waals surface area (Å²) in [5.41, 5.74) is 1.02. The highest BCUT2D eigenvalue weighted by Gasteiger charge is 2.21. The summed E-state index contributed by atoms with van der Waals surface area (Å²) in [7, 11) is 0. The summed E-state index contributed by atoms with van der Waals surface area (Å²) in [5.74, 6) is -0.699. The maximum atomic E-state index is 11.2. The third-order valence-corrected chi connectivity index (χ3v) is 3.05. The Morgan fingerprint density at radius 2 is 2.19 bits per heavy atom. The summed E-state index contributed by atoms with van der Waals surface area (Å²) in [6.07, 6.45) is 7.34. The molecule has 1 aromatic rings. The Labute approximate surface area is 124 Å². The van der Waals surface area contributed by atoms with Crippen molar-refractivity contribution in [2.24, 2.45) is 0 Å². The first-order chi connectivity index (χ1) is 10.1. The van der Waals surface area contributed by atoms with Gasteiger partial charge in [0.25, 0.3) is 0 Å². The second-order valence-corrected chi connectivity index (χ2v) is 4.85. The molecule has 0 bridgehead atoms. The smallest absolute Gasteiger partial charge is 0.330 e. The molecule has 0 unspecified atom stereocenters. The maximum Gasteiger partial charge on any atom is 0.330 e. The molecule has 0 aliphatic carbocycles. The van der Waals surface area contributed by atoms with E-state index in [9.17, 15) is 9.59 Å². The van der Waals surface area contributed by atoms with Crippen molar-refractivity contribution in [3.8, 4) is 0 Å². The van der Waals surface area contributed by atoms with Crippen LogP contribution in [0.25, 0.3) is 6.08 Å². The van der Waals surface area contributed by atoms with E-state index in [1.165, 1.54) is 13.0 Å². The summed E-state index contributed by atoms with van der Waals surface area (Å²) in [6, 6.07) is 9.74. The number of esters is 2. The first-order valence-corrected chi connectivity index (χ1v) is 6.91. The van der Waals surface area contributed by atoms with Crippen LogP contribution < -0.4 is 0 Å². The van der Waals surface area contributed by atoms with E-state index in [0.717, 1.165) is 5.56 Å². The fraction of sp³-hybridized carbons (Fsp3) is 0.294. The van der Waals surface area contributed by atoms with Crippen molar-refractivity contribution in [3.05, 3.63) is 54.1 Å². The number of rotatable bonds is 5. The Morgan fingerprint density at radius 3 is 2.86 bits per heavy atom. The number of hydrogen-bond acceptors (Lipinski definition) is 4. The average molecular weight is 286 g/mol. The molecule has 1 heterocycles. The van der Waals surface area contributed by atoms with Gasteiger partial charge in [-0.05, 0) is 11.6 Å². The molecule has 1 aliphatic rings. The van der Waals surface area contributed by atoms with E-state index in [-0.39, 0.29) is 18.0 Å². The van der Waals surface area contributed by atoms with Gasteiger partial charge in [-0.25, -0.2) is 4.79 Å². The molecule has 21 heavy (non-hydrogen) atoms. The van der Waals surface area contributed by atoms with Gasteiger partial charge >= 0.3 is 11.9 Å². The SMILES string of the molecule is CC(=O)O[C@H](/C=C/c1ccccc1)C[C@H]1CC=CC(=O)O1. The monoisotopic (exact) mass is 286 g/mol. The maximum absolute atomic E-state index is 11.2. The van der Waals surface area contributed by atoms with Crippen molar-refractivity contribution >= 4 is 18.0 Å². The molecule has 0 saturated heterocycles. The third-order valence-electron chi connectivity index (χ3n) is 3.05. The molecule has 1 aliphatic heterocycles. The van der Waals surface area contributed by atoms with Crippen LogP contribution in [-0.4, -0.2) is 24.1 Å². The minimum atomic E-state index is -0.410. The summed E-state index contributed by atoms with van der Waals surface area (Å²) in [4.78, 5) is 22.4. The molecule has 4 nitrogen and oxygen atoms in total. The lowest BCUT2D eigenvalue weighted by atomic mass is 10.1. The van der Waals surface area contributed by atoms with Gasteiger partial charge < -0.3 is 9.47 Å². The van der Waals surface area contributed by atoms with E-state index in [0.29, 0.717) is 12.8 Å². The fourth-order valence-corrected chi connectivity index (χ4v) is 2.13. The van der Waals surface area contributed by atoms with Gasteiger partial charge in [-0.3, -0.25) is 4.79 Å². The highest BCUT2D eigenvalue weighted by atomic mass is 16.6. The number of carbonyl (C=O) groups excluding carboxylic acids is 2. The molecule has 2 atom stereocenters. The van der Waals surface area contributed by atoms with Gasteiger partial charge in [-0.2, -0.15) is 0 Å². The van der Waals surface area contributed by atoms with Crippen LogP contribution in [0.1, 0.15) is 25.3 Å². The van der Waals surface area contributed by atoms with Crippen LogP contribution in [0.5, 0.6) is 0 Å². The number of cyclic esters (lactones) is 1. The predicted molar refractivity (Wildman–Crippen MR) is 79.3 cm³/mol. The Hall–Kier alpha value is -2.36. The zero-order chi connectivity index (χ0) is 15.1. The average Bonchev–Trinajstić information content (AvgIpc) is 2.45. The van der Waals surface area contributed by atoms with Gasteiger partial charge in [0.05, 0.1) is 0 Å². The number of benzene rings is 1. The van der Waals surface area contributed by atoms with E-state index in [2.05, 4.69) is 0 Å². The normalized spacial score (nSPS) is 19.3. The molecule has 0 fully saturated rings. The molecular weight excluding hydrogens is 268 g/mol. The quantitative estimate of drug-likeness (QED) is 0.781. The largest absolute Gasteiger partial charge is 0.459 e. The lowest BCUT2D eigenvalue weighted by Gasteiger charge is -2.22. The molecule has 4 heteroatoms. The van der Waals surface area contributed by atoms with Gasteiger partial charge in [0, 0.05) is 25.8 Å². The minimum Gasteiger partial charge on any atom is -0.459 e. The van der Waals surface area contributed by atoms with Gasteiger partial charge in [-0.15, -0.1) is 0 Å². The lowest BCUT2D eigenvalue weighted by molar-refractivity contribution is -0.149. The van der Waals surface area contributed by atoms with Gasteiger partial charge in [0.2, 0.25) is 0 Å². The van der Waals surface area contributed by atoms with Crippen LogP contribution in [0.2, 0.25) is 0 Å². The van der Waals surface area contributed by atoms with Crippen molar-refractivity contribution in [2.75, 3.05) is 0 Å². The van der Waals surface area contributed by atoms with Crippen molar-refractivity contribution in [2.45, 2.75) is 32.0 Å². The number of hydrogen-bond donors (Lipinski definition) is 0. The number of ether oxygens (including phenoxy) is 2. The van der Waals surface area contributed by atoms with E-state index in [1.807, 2.05) is 42.5 Å². The summed E-state index contributed by atoms with van der Waals surface area (Å²) >= 11 is 0. The minimum absolute atomic E-state index is 0.257. The van der Waals surface area contributed by atoms with Crippen molar-refractivity contribution in [3.63, 3.8) is 0 Å². The van der Waals surface area contributed by atoms with Crippen molar-refractivity contribution in [1.82, 2.24) is 0 Å². The molecule has 1 aromatic carbocycles. The first-order valence-electron chi connectivity index (χ1n) is 6.91. The van der Waals surface area contributed by atoms with E-state index >= 15 is 0 Å². The zero-order valence-corrected chi connectivity index (χ0v) is 11.9. The Bertz CT molecular complexity index is 545. The van der Waals surface area contributed by atoms with Crippen LogP contribution in [0, 0.1) is 0 Å². The molecule has 0 amide bonds. The zero-order valence-electron chi connectivity index (χ0n) is 11.9.